The minimum absolute atomic E-state index is 0.0400. The number of nitrogens with zero attached hydrogens (tertiary/aromatic N) is 12. The Labute approximate surface area is 581 Å². The van der Waals surface area contributed by atoms with Crippen molar-refractivity contribution in [3.05, 3.63) is 330 Å². The molecule has 20 aromatic rings. The van der Waals surface area contributed by atoms with Gasteiger partial charge >= 0.3 is 0 Å². The molecule has 102 heavy (non-hydrogen) atoms. The summed E-state index contributed by atoms with van der Waals surface area (Å²) in [5, 5.41) is 68.3. The van der Waals surface area contributed by atoms with Crippen LogP contribution in [-0.4, -0.2) is 27.4 Å². The molecule has 0 saturated heterocycles. The molecule has 12 nitrogen and oxygen atoms in total. The lowest BCUT2D eigenvalue weighted by atomic mass is 9.95. The highest BCUT2D eigenvalue weighted by atomic mass is 15.1. The summed E-state index contributed by atoms with van der Waals surface area (Å²) in [6.45, 7) is 8.89. The zero-order valence-electron chi connectivity index (χ0n) is 54.1. The zero-order chi connectivity index (χ0) is 68.4. The van der Waals surface area contributed by atoms with E-state index in [2.05, 4.69) is 158 Å². The van der Waals surface area contributed by atoms with Crippen LogP contribution in [0.3, 0.4) is 0 Å². The predicted molar refractivity (Wildman–Crippen MR) is 409 cm³/mol. The van der Waals surface area contributed by atoms with Crippen LogP contribution < -0.4 is 0 Å². The Balaban J connectivity index is 0.000000141. The minimum Gasteiger partial charge on any atom is -0.318 e. The molecule has 0 radical (unpaired) electrons. The first-order valence-corrected chi connectivity index (χ1v) is 33.3. The molecular weight excluding hydrogens is 1250 g/mol. The van der Waals surface area contributed by atoms with Crippen LogP contribution in [0, 0.1) is 63.2 Å². The summed E-state index contributed by atoms with van der Waals surface area (Å²) in [6, 6.07) is 110. The third-order valence-corrected chi connectivity index (χ3v) is 20.3. The van der Waals surface area contributed by atoms with Gasteiger partial charge in [0.2, 0.25) is 5.69 Å². The maximum absolute atomic E-state index is 11.4. The van der Waals surface area contributed by atoms with E-state index in [0.29, 0.717) is 34.1 Å². The number of nitriles is 5. The molecule has 0 aliphatic rings. The molecule has 0 atom stereocenters. The van der Waals surface area contributed by atoms with Gasteiger partial charge in [0.15, 0.2) is 0 Å². The van der Waals surface area contributed by atoms with Gasteiger partial charge in [-0.1, -0.05) is 218 Å². The van der Waals surface area contributed by atoms with Crippen molar-refractivity contribution >= 4 is 137 Å². The Morgan fingerprint density at radius 2 is 0.343 bits per heavy atom. The van der Waals surface area contributed by atoms with E-state index in [9.17, 15) is 26.3 Å². The summed E-state index contributed by atoms with van der Waals surface area (Å²) < 4.78 is 12.6. The lowest BCUT2D eigenvalue weighted by Crippen LogP contribution is -2.15. The van der Waals surface area contributed by atoms with Crippen molar-refractivity contribution in [3.63, 3.8) is 0 Å². The molecule has 468 valence electrons. The van der Waals surface area contributed by atoms with Crippen molar-refractivity contribution in [2.75, 3.05) is 0 Å². The highest BCUT2D eigenvalue weighted by Gasteiger charge is 2.35. The van der Waals surface area contributed by atoms with Crippen LogP contribution in [0.15, 0.2) is 291 Å². The number of aromatic nitrogens is 6. The van der Waals surface area contributed by atoms with Gasteiger partial charge in [-0.05, 0) is 72.8 Å². The molecule has 0 amide bonds. The summed E-state index contributed by atoms with van der Waals surface area (Å²) in [6.07, 6.45) is 0. The van der Waals surface area contributed by atoms with E-state index in [1.807, 2.05) is 196 Å². The Morgan fingerprint density at radius 3 is 0.520 bits per heavy atom. The van der Waals surface area contributed by atoms with Gasteiger partial charge in [-0.2, -0.15) is 26.3 Å². The van der Waals surface area contributed by atoms with Gasteiger partial charge < -0.3 is 27.4 Å². The predicted octanol–water partition coefficient (Wildman–Crippen LogP) is 21.9. The normalized spacial score (nSPS) is 11.5. The van der Waals surface area contributed by atoms with Crippen molar-refractivity contribution in [3.8, 4) is 64.5 Å². The van der Waals surface area contributed by atoms with Crippen molar-refractivity contribution in [1.82, 2.24) is 27.4 Å². The van der Waals surface area contributed by atoms with Crippen LogP contribution in [0.5, 0.6) is 0 Å². The second kappa shape index (κ2) is 22.7. The second-order valence-electron chi connectivity index (χ2n) is 25.2. The van der Waals surface area contributed by atoms with E-state index in [-0.39, 0.29) is 33.5 Å². The molecule has 0 aliphatic heterocycles. The topological polar surface area (TPSA) is 153 Å². The first kappa shape index (κ1) is 58.2. The number of benzene rings is 14. The maximum Gasteiger partial charge on any atom is 0.236 e. The van der Waals surface area contributed by atoms with Gasteiger partial charge in [-0.25, -0.2) is 4.85 Å². The summed E-state index contributed by atoms with van der Waals surface area (Å²) >= 11 is 0. The lowest BCUT2D eigenvalue weighted by molar-refractivity contribution is 1.04. The van der Waals surface area contributed by atoms with Gasteiger partial charge in [0.05, 0.1) is 135 Å². The van der Waals surface area contributed by atoms with Crippen molar-refractivity contribution in [2.45, 2.75) is 0 Å². The Bertz CT molecular complexity index is 6520. The molecule has 14 aromatic carbocycles. The van der Waals surface area contributed by atoms with Gasteiger partial charge in [0.1, 0.15) is 30.3 Å². The second-order valence-corrected chi connectivity index (χ2v) is 25.2. The van der Waals surface area contributed by atoms with Crippen molar-refractivity contribution in [1.29, 1.82) is 26.3 Å². The van der Waals surface area contributed by atoms with Crippen LogP contribution >= 0.6 is 0 Å². The highest BCUT2D eigenvalue weighted by molar-refractivity contribution is 6.17. The monoisotopic (exact) mass is 1300 g/mol. The molecular formula is C90H48N12. The largest absolute Gasteiger partial charge is 0.318 e. The first-order chi connectivity index (χ1) is 50.5. The molecule has 6 heterocycles. The number of hydrogen-bond donors (Lipinski definition) is 0. The molecule has 0 unspecified atom stereocenters. The number of para-hydroxylation sites is 12. The minimum atomic E-state index is 0.0400. The van der Waals surface area contributed by atoms with Crippen LogP contribution in [0.4, 0.5) is 5.69 Å². The van der Waals surface area contributed by atoms with E-state index in [1.54, 1.807) is 0 Å². The molecule has 20 rings (SSSR count). The average molecular weight is 1300 g/mol. The molecule has 0 N–H and O–H groups in total. The Hall–Kier alpha value is -15.2. The number of hydrogen-bond acceptors (Lipinski definition) is 5. The van der Waals surface area contributed by atoms with Crippen LogP contribution in [0.1, 0.15) is 27.8 Å². The highest BCUT2D eigenvalue weighted by Crippen LogP contribution is 2.51. The van der Waals surface area contributed by atoms with Gasteiger partial charge in [0, 0.05) is 64.6 Å². The molecule has 0 spiro atoms. The van der Waals surface area contributed by atoms with Crippen LogP contribution in [0.2, 0.25) is 0 Å². The Kier molecular flexibility index (Phi) is 13.0. The number of fused-ring (bicyclic) bond motifs is 18. The molecule has 0 bridgehead atoms. The van der Waals surface area contributed by atoms with Crippen LogP contribution in [0.25, 0.3) is 170 Å². The van der Waals surface area contributed by atoms with Crippen LogP contribution in [-0.2, 0) is 0 Å². The van der Waals surface area contributed by atoms with Gasteiger partial charge in [-0.15, -0.1) is 0 Å². The summed E-state index contributed by atoms with van der Waals surface area (Å²) in [5.41, 5.74) is 14.7. The summed E-state index contributed by atoms with van der Waals surface area (Å²) in [5.74, 6) is 0. The summed E-state index contributed by atoms with van der Waals surface area (Å²) in [4.78, 5) is 4.27. The van der Waals surface area contributed by atoms with Gasteiger partial charge in [-0.3, -0.25) is 0 Å². The van der Waals surface area contributed by atoms with E-state index in [4.69, 9.17) is 6.57 Å². The number of rotatable bonds is 6. The molecule has 0 aliphatic carbocycles. The Morgan fingerprint density at radius 1 is 0.186 bits per heavy atom. The SMILES string of the molecule is N#Cc1c(C#N)c(-n2c3ccccc3c3ccccc32)c(-n2c3ccccc3c3ccccc32)c(-n2c3ccccc3c3ccccc32)c1C#N.[C-]#[N+]c1c(-n2c3ccccc3c3ccccc32)c(C#N)c(-n2c3ccccc3c3ccccc32)c(C#N)c1-n1c2ccccc2c2ccccc21. The van der Waals surface area contributed by atoms with E-state index >= 15 is 0 Å². The molecule has 6 aromatic heterocycles. The van der Waals surface area contributed by atoms with E-state index < -0.39 is 0 Å². The maximum atomic E-state index is 11.4. The fourth-order valence-electron chi connectivity index (χ4n) is 16.3. The standard InChI is InChI=1S/2C45H24N6/c1-48-42-44(50-38-22-10-4-16-30(38)31-17-5-11-23-39(31)50)34(26-46)43(49-36-20-8-2-14-28(36)29-15-3-9-21-37(29)49)35(27-47)45(42)51-40-24-12-6-18-32(40)33-19-7-13-25-41(33)51;46-25-34-35(26-47)43(49-37-19-7-1-13-28(37)29-14-2-8-20-38(29)49)45(51-41-23-11-5-17-32(41)33-18-6-12-24-42(33)51)44(36(34)27-48)50-39-21-9-3-15-30(39)31-16-4-10-22-40(31)50/h2-25H;1-24H. The third-order valence-electron chi connectivity index (χ3n) is 20.3. The zero-order valence-corrected chi connectivity index (χ0v) is 54.1. The fourth-order valence-corrected chi connectivity index (χ4v) is 16.3. The fraction of sp³-hybridized carbons (Fsp3) is 0. The third kappa shape index (κ3) is 8.01. The summed E-state index contributed by atoms with van der Waals surface area (Å²) in [7, 11) is 0. The smallest absolute Gasteiger partial charge is 0.236 e. The van der Waals surface area contributed by atoms with Gasteiger partial charge in [0.25, 0.3) is 0 Å². The molecule has 0 fully saturated rings. The molecule has 0 saturated carbocycles. The van der Waals surface area contributed by atoms with Crippen molar-refractivity contribution in [2.24, 2.45) is 0 Å². The van der Waals surface area contributed by atoms with E-state index in [0.717, 1.165) is 131 Å². The van der Waals surface area contributed by atoms with E-state index in [1.165, 1.54) is 0 Å². The van der Waals surface area contributed by atoms with Crippen molar-refractivity contribution < 1.29 is 0 Å². The first-order valence-electron chi connectivity index (χ1n) is 33.3. The average Bonchev–Trinajstić information content (AvgIpc) is 1.49. The lowest BCUT2D eigenvalue weighted by Gasteiger charge is -2.25. The quantitative estimate of drug-likeness (QED) is 0.152. The molecule has 12 heteroatoms.